The van der Waals surface area contributed by atoms with Gasteiger partial charge >= 0.3 is 0 Å². The van der Waals surface area contributed by atoms with Gasteiger partial charge in [0.25, 0.3) is 0 Å². The third-order valence-electron chi connectivity index (χ3n) is 3.78. The average molecular weight is 400 g/mol. The van der Waals surface area contributed by atoms with Crippen LogP contribution in [-0.4, -0.2) is 40.6 Å². The van der Waals surface area contributed by atoms with Crippen LogP contribution in [0.4, 0.5) is 5.69 Å². The van der Waals surface area contributed by atoms with E-state index in [2.05, 4.69) is 22.1 Å². The number of ether oxygens (including phenoxy) is 2. The first-order valence-corrected chi connectivity index (χ1v) is 9.37. The first-order valence-electron chi connectivity index (χ1n) is 8.39. The first kappa shape index (κ1) is 19.6. The molecule has 3 aromatic rings. The normalized spacial score (nSPS) is 10.5. The Bertz CT molecular complexity index is 953. The van der Waals surface area contributed by atoms with Crippen LogP contribution in [0.25, 0.3) is 11.6 Å². The van der Waals surface area contributed by atoms with Crippen molar-refractivity contribution in [3.8, 4) is 23.1 Å². The Kier molecular flexibility index (Phi) is 6.38. The standard InChI is InChI=1S/C19H20N4O4S/c1-4-9-23-18(16-6-5-10-27-16)21-22-19(23)28-12-17(24)20-14-11-13(25-2)7-8-15(14)26-3/h4-8,10-11H,1,9,12H2,2-3H3,(H,20,24). The van der Waals surface area contributed by atoms with Crippen LogP contribution < -0.4 is 14.8 Å². The van der Waals surface area contributed by atoms with E-state index in [4.69, 9.17) is 13.9 Å². The molecule has 2 aromatic heterocycles. The topological polar surface area (TPSA) is 91.4 Å². The zero-order valence-corrected chi connectivity index (χ0v) is 16.4. The van der Waals surface area contributed by atoms with Gasteiger partial charge in [0.15, 0.2) is 10.9 Å². The number of methoxy groups -OCH3 is 2. The third kappa shape index (κ3) is 4.37. The van der Waals surface area contributed by atoms with Gasteiger partial charge in [-0.1, -0.05) is 17.8 Å². The van der Waals surface area contributed by atoms with E-state index in [-0.39, 0.29) is 11.7 Å². The summed E-state index contributed by atoms with van der Waals surface area (Å²) in [7, 11) is 3.10. The number of anilines is 1. The van der Waals surface area contributed by atoms with E-state index in [0.29, 0.717) is 40.5 Å². The maximum atomic E-state index is 12.4. The van der Waals surface area contributed by atoms with Gasteiger partial charge in [-0.15, -0.1) is 16.8 Å². The van der Waals surface area contributed by atoms with E-state index in [1.807, 2.05) is 4.57 Å². The highest BCUT2D eigenvalue weighted by Gasteiger charge is 2.17. The molecule has 0 unspecified atom stereocenters. The molecule has 146 valence electrons. The highest BCUT2D eigenvalue weighted by atomic mass is 32.2. The molecule has 0 aliphatic rings. The number of allylic oxidation sites excluding steroid dienone is 1. The van der Waals surface area contributed by atoms with Crippen LogP contribution in [0.1, 0.15) is 0 Å². The van der Waals surface area contributed by atoms with Gasteiger partial charge < -0.3 is 19.2 Å². The molecule has 1 amide bonds. The minimum absolute atomic E-state index is 0.147. The number of amides is 1. The highest BCUT2D eigenvalue weighted by molar-refractivity contribution is 7.99. The molecule has 8 nitrogen and oxygen atoms in total. The lowest BCUT2D eigenvalue weighted by atomic mass is 10.2. The van der Waals surface area contributed by atoms with E-state index in [9.17, 15) is 4.79 Å². The molecule has 0 saturated heterocycles. The number of rotatable bonds is 9. The zero-order valence-electron chi connectivity index (χ0n) is 15.5. The van der Waals surface area contributed by atoms with Crippen molar-refractivity contribution in [2.24, 2.45) is 0 Å². The number of hydrogen-bond donors (Lipinski definition) is 1. The molecule has 3 rings (SSSR count). The van der Waals surface area contributed by atoms with Gasteiger partial charge in [-0.2, -0.15) is 0 Å². The molecule has 0 fully saturated rings. The molecule has 0 atom stereocenters. The summed E-state index contributed by atoms with van der Waals surface area (Å²) < 4.78 is 17.7. The summed E-state index contributed by atoms with van der Waals surface area (Å²) in [6, 6.07) is 8.79. The van der Waals surface area contributed by atoms with Crippen LogP contribution in [0.2, 0.25) is 0 Å². The lowest BCUT2D eigenvalue weighted by Gasteiger charge is -2.11. The summed E-state index contributed by atoms with van der Waals surface area (Å²) in [6.45, 7) is 4.26. The maximum Gasteiger partial charge on any atom is 0.234 e. The van der Waals surface area contributed by atoms with Crippen LogP contribution >= 0.6 is 11.8 Å². The van der Waals surface area contributed by atoms with E-state index in [0.717, 1.165) is 0 Å². The Balaban J connectivity index is 1.71. The lowest BCUT2D eigenvalue weighted by molar-refractivity contribution is -0.113. The number of carbonyl (C=O) groups excluding carboxylic acids is 1. The van der Waals surface area contributed by atoms with Crippen LogP contribution in [0.15, 0.2) is 58.8 Å². The fourth-order valence-corrected chi connectivity index (χ4v) is 3.25. The average Bonchev–Trinajstić information content (AvgIpc) is 3.36. The monoisotopic (exact) mass is 400 g/mol. The Hall–Kier alpha value is -3.20. The number of carbonyl (C=O) groups is 1. The number of thioether (sulfide) groups is 1. The molecule has 2 heterocycles. The maximum absolute atomic E-state index is 12.4. The SMILES string of the molecule is C=CCn1c(SCC(=O)Nc2cc(OC)ccc2OC)nnc1-c1ccco1. The molecule has 9 heteroatoms. The van der Waals surface area contributed by atoms with Gasteiger partial charge in [0.2, 0.25) is 11.7 Å². The second-order valence-electron chi connectivity index (χ2n) is 5.59. The van der Waals surface area contributed by atoms with Crippen molar-refractivity contribution in [3.05, 3.63) is 49.2 Å². The first-order chi connectivity index (χ1) is 13.7. The summed E-state index contributed by atoms with van der Waals surface area (Å²) >= 11 is 1.27. The number of hydrogen-bond acceptors (Lipinski definition) is 7. The Labute approximate surface area is 166 Å². The molecule has 0 bridgehead atoms. The summed E-state index contributed by atoms with van der Waals surface area (Å²) in [5, 5.41) is 11.8. The fourth-order valence-electron chi connectivity index (χ4n) is 2.51. The Morgan fingerprint density at radius 1 is 1.32 bits per heavy atom. The van der Waals surface area contributed by atoms with Gasteiger partial charge in [-0.25, -0.2) is 0 Å². The highest BCUT2D eigenvalue weighted by Crippen LogP contribution is 2.29. The van der Waals surface area contributed by atoms with Crippen molar-refractivity contribution in [2.75, 3.05) is 25.3 Å². The number of aromatic nitrogens is 3. The second kappa shape index (κ2) is 9.14. The van der Waals surface area contributed by atoms with Gasteiger partial charge in [-0.3, -0.25) is 9.36 Å². The second-order valence-corrected chi connectivity index (χ2v) is 6.53. The van der Waals surface area contributed by atoms with Crippen LogP contribution in [0, 0.1) is 0 Å². The number of furan rings is 1. The summed E-state index contributed by atoms with van der Waals surface area (Å²) in [5.41, 5.74) is 0.538. The molecule has 0 radical (unpaired) electrons. The van der Waals surface area contributed by atoms with E-state index < -0.39 is 0 Å². The largest absolute Gasteiger partial charge is 0.497 e. The Morgan fingerprint density at radius 2 is 2.18 bits per heavy atom. The smallest absolute Gasteiger partial charge is 0.234 e. The lowest BCUT2D eigenvalue weighted by Crippen LogP contribution is -2.15. The van der Waals surface area contributed by atoms with Crippen LogP contribution in [0.5, 0.6) is 11.5 Å². The van der Waals surface area contributed by atoms with Crippen molar-refractivity contribution in [2.45, 2.75) is 11.7 Å². The molecule has 0 aliphatic carbocycles. The van der Waals surface area contributed by atoms with Crippen LogP contribution in [-0.2, 0) is 11.3 Å². The van der Waals surface area contributed by atoms with Crippen molar-refractivity contribution in [1.29, 1.82) is 0 Å². The van der Waals surface area contributed by atoms with Gasteiger partial charge in [0.05, 0.1) is 31.9 Å². The minimum Gasteiger partial charge on any atom is -0.497 e. The molecule has 1 aromatic carbocycles. The number of nitrogens with one attached hydrogen (secondary N) is 1. The minimum atomic E-state index is -0.204. The predicted molar refractivity (Wildman–Crippen MR) is 107 cm³/mol. The molecule has 0 aliphatic heterocycles. The third-order valence-corrected chi connectivity index (χ3v) is 4.75. The quantitative estimate of drug-likeness (QED) is 0.434. The molecule has 1 N–H and O–H groups in total. The van der Waals surface area contributed by atoms with E-state index >= 15 is 0 Å². The molecular formula is C19H20N4O4S. The molecule has 0 spiro atoms. The summed E-state index contributed by atoms with van der Waals surface area (Å²) in [4.78, 5) is 12.4. The number of nitrogens with zero attached hydrogens (tertiary/aromatic N) is 3. The van der Waals surface area contributed by atoms with Crippen LogP contribution in [0.3, 0.4) is 0 Å². The van der Waals surface area contributed by atoms with E-state index in [1.54, 1.807) is 56.9 Å². The number of benzene rings is 1. The molecular weight excluding hydrogens is 380 g/mol. The van der Waals surface area contributed by atoms with Gasteiger partial charge in [-0.05, 0) is 24.3 Å². The zero-order chi connectivity index (χ0) is 19.9. The summed E-state index contributed by atoms with van der Waals surface area (Å²) in [5.74, 6) is 2.30. The molecule has 28 heavy (non-hydrogen) atoms. The summed E-state index contributed by atoms with van der Waals surface area (Å²) in [6.07, 6.45) is 3.31. The van der Waals surface area contributed by atoms with E-state index in [1.165, 1.54) is 11.8 Å². The van der Waals surface area contributed by atoms with Crippen molar-refractivity contribution >= 4 is 23.4 Å². The van der Waals surface area contributed by atoms with Crippen molar-refractivity contribution in [1.82, 2.24) is 14.8 Å². The Morgan fingerprint density at radius 3 is 2.86 bits per heavy atom. The fraction of sp³-hybridized carbons (Fsp3) is 0.211. The van der Waals surface area contributed by atoms with Crippen molar-refractivity contribution < 1.29 is 18.7 Å². The van der Waals surface area contributed by atoms with Gasteiger partial charge in [0.1, 0.15) is 11.5 Å². The van der Waals surface area contributed by atoms with Gasteiger partial charge in [0, 0.05) is 12.6 Å². The van der Waals surface area contributed by atoms with Crippen molar-refractivity contribution in [3.63, 3.8) is 0 Å². The molecule has 0 saturated carbocycles. The predicted octanol–water partition coefficient (Wildman–Crippen LogP) is 3.47.